The summed E-state index contributed by atoms with van der Waals surface area (Å²) in [7, 11) is 0. The van der Waals surface area contributed by atoms with Crippen LogP contribution in [0.25, 0.3) is 0 Å². The standard InChI is InChI=1S/C19H30N2/c1-15(16-5-7-18(20)8-6-16)9-12-21-13-10-17(11-14-21)19(2,3)4/h5-8,10,15H,9,11-14,20H2,1-4H3. The third-order valence-corrected chi connectivity index (χ3v) is 4.64. The fourth-order valence-corrected chi connectivity index (χ4v) is 2.96. The van der Waals surface area contributed by atoms with Gasteiger partial charge in [-0.1, -0.05) is 51.5 Å². The van der Waals surface area contributed by atoms with Crippen LogP contribution in [0.4, 0.5) is 5.69 Å². The van der Waals surface area contributed by atoms with Gasteiger partial charge >= 0.3 is 0 Å². The molecule has 0 aromatic heterocycles. The Balaban J connectivity index is 1.82. The lowest BCUT2D eigenvalue weighted by atomic mass is 9.83. The zero-order chi connectivity index (χ0) is 15.5. The van der Waals surface area contributed by atoms with Crippen molar-refractivity contribution in [3.8, 4) is 0 Å². The third-order valence-electron chi connectivity index (χ3n) is 4.64. The highest BCUT2D eigenvalue weighted by Crippen LogP contribution is 2.30. The van der Waals surface area contributed by atoms with E-state index in [1.807, 2.05) is 12.1 Å². The average Bonchev–Trinajstić information content (AvgIpc) is 2.45. The molecule has 1 heterocycles. The molecule has 1 aliphatic heterocycles. The Morgan fingerprint density at radius 3 is 2.38 bits per heavy atom. The van der Waals surface area contributed by atoms with Gasteiger partial charge in [0.05, 0.1) is 0 Å². The molecule has 116 valence electrons. The number of benzene rings is 1. The first-order valence-corrected chi connectivity index (χ1v) is 8.13. The molecule has 0 aliphatic carbocycles. The van der Waals surface area contributed by atoms with E-state index in [0.29, 0.717) is 11.3 Å². The van der Waals surface area contributed by atoms with Crippen molar-refractivity contribution in [2.75, 3.05) is 25.4 Å². The van der Waals surface area contributed by atoms with E-state index in [4.69, 9.17) is 5.73 Å². The van der Waals surface area contributed by atoms with Gasteiger partial charge in [-0.3, -0.25) is 4.90 Å². The van der Waals surface area contributed by atoms with Gasteiger partial charge in [0.25, 0.3) is 0 Å². The smallest absolute Gasteiger partial charge is 0.0314 e. The molecule has 1 unspecified atom stereocenters. The molecule has 1 aromatic rings. The highest BCUT2D eigenvalue weighted by Gasteiger charge is 2.21. The highest BCUT2D eigenvalue weighted by atomic mass is 15.1. The van der Waals surface area contributed by atoms with Crippen LogP contribution >= 0.6 is 0 Å². The van der Waals surface area contributed by atoms with Crippen molar-refractivity contribution < 1.29 is 0 Å². The number of nitrogens with two attached hydrogens (primary N) is 1. The van der Waals surface area contributed by atoms with Crippen molar-refractivity contribution in [2.45, 2.75) is 46.5 Å². The van der Waals surface area contributed by atoms with Gasteiger partial charge in [0.1, 0.15) is 0 Å². The van der Waals surface area contributed by atoms with Gasteiger partial charge in [-0.15, -0.1) is 0 Å². The van der Waals surface area contributed by atoms with Crippen molar-refractivity contribution >= 4 is 5.69 Å². The monoisotopic (exact) mass is 286 g/mol. The number of hydrogen-bond acceptors (Lipinski definition) is 2. The summed E-state index contributed by atoms with van der Waals surface area (Å²) in [6.07, 6.45) is 4.87. The van der Waals surface area contributed by atoms with Crippen molar-refractivity contribution in [3.63, 3.8) is 0 Å². The van der Waals surface area contributed by atoms with Crippen molar-refractivity contribution in [1.29, 1.82) is 0 Å². The summed E-state index contributed by atoms with van der Waals surface area (Å²) in [5.41, 5.74) is 9.95. The second-order valence-corrected chi connectivity index (χ2v) is 7.39. The van der Waals surface area contributed by atoms with Gasteiger partial charge in [-0.25, -0.2) is 0 Å². The van der Waals surface area contributed by atoms with E-state index in [0.717, 1.165) is 12.2 Å². The Morgan fingerprint density at radius 1 is 1.19 bits per heavy atom. The molecule has 0 radical (unpaired) electrons. The van der Waals surface area contributed by atoms with Crippen molar-refractivity contribution in [2.24, 2.45) is 5.41 Å². The predicted octanol–water partition coefficient (Wildman–Crippen LogP) is 4.44. The van der Waals surface area contributed by atoms with Crippen LogP contribution in [0.1, 0.15) is 52.0 Å². The molecular weight excluding hydrogens is 256 g/mol. The predicted molar refractivity (Wildman–Crippen MR) is 92.5 cm³/mol. The highest BCUT2D eigenvalue weighted by molar-refractivity contribution is 5.40. The van der Waals surface area contributed by atoms with Gasteiger partial charge in [0.15, 0.2) is 0 Å². The Bertz CT molecular complexity index is 479. The SMILES string of the molecule is CC(CCN1CC=C(C(C)(C)C)CC1)c1ccc(N)cc1. The van der Waals surface area contributed by atoms with E-state index in [1.54, 1.807) is 5.57 Å². The molecule has 0 fully saturated rings. The van der Waals surface area contributed by atoms with Crippen LogP contribution in [0.15, 0.2) is 35.9 Å². The minimum absolute atomic E-state index is 0.337. The maximum atomic E-state index is 5.75. The molecule has 2 N–H and O–H groups in total. The second-order valence-electron chi connectivity index (χ2n) is 7.39. The zero-order valence-electron chi connectivity index (χ0n) is 14.0. The van der Waals surface area contributed by atoms with Crippen LogP contribution < -0.4 is 5.73 Å². The minimum atomic E-state index is 0.337. The van der Waals surface area contributed by atoms with Crippen molar-refractivity contribution in [1.82, 2.24) is 4.90 Å². The fraction of sp³-hybridized carbons (Fsp3) is 0.579. The molecule has 1 aliphatic rings. The van der Waals surface area contributed by atoms with E-state index in [1.165, 1.54) is 31.5 Å². The molecule has 1 aromatic carbocycles. The molecule has 0 spiro atoms. The largest absolute Gasteiger partial charge is 0.399 e. The fourth-order valence-electron chi connectivity index (χ4n) is 2.96. The number of anilines is 1. The van der Waals surface area contributed by atoms with E-state index in [-0.39, 0.29) is 0 Å². The summed E-state index contributed by atoms with van der Waals surface area (Å²) in [6, 6.07) is 8.33. The Morgan fingerprint density at radius 2 is 1.86 bits per heavy atom. The van der Waals surface area contributed by atoms with Gasteiger partial charge in [-0.2, -0.15) is 0 Å². The molecule has 0 saturated carbocycles. The van der Waals surface area contributed by atoms with Crippen LogP contribution in [-0.2, 0) is 0 Å². The lowest BCUT2D eigenvalue weighted by Crippen LogP contribution is -2.32. The van der Waals surface area contributed by atoms with Gasteiger partial charge < -0.3 is 5.73 Å². The Labute approximate surface area is 130 Å². The van der Waals surface area contributed by atoms with Gasteiger partial charge in [-0.05, 0) is 48.4 Å². The lowest BCUT2D eigenvalue weighted by Gasteiger charge is -2.32. The molecule has 0 saturated heterocycles. The topological polar surface area (TPSA) is 29.3 Å². The van der Waals surface area contributed by atoms with Gasteiger partial charge in [0.2, 0.25) is 0 Å². The molecule has 0 amide bonds. The normalized spacial score (nSPS) is 18.4. The van der Waals surface area contributed by atoms with E-state index in [2.05, 4.69) is 50.8 Å². The number of nitrogen functional groups attached to an aromatic ring is 1. The first kappa shape index (κ1) is 16.1. The van der Waals surface area contributed by atoms with Crippen LogP contribution in [0.2, 0.25) is 0 Å². The Kier molecular flexibility index (Phi) is 5.10. The van der Waals surface area contributed by atoms with E-state index < -0.39 is 0 Å². The van der Waals surface area contributed by atoms with Crippen molar-refractivity contribution in [3.05, 3.63) is 41.5 Å². The molecule has 2 nitrogen and oxygen atoms in total. The number of hydrogen-bond donors (Lipinski definition) is 1. The Hall–Kier alpha value is -1.28. The summed E-state index contributed by atoms with van der Waals surface area (Å²) in [5, 5.41) is 0. The third kappa shape index (κ3) is 4.60. The maximum Gasteiger partial charge on any atom is 0.0314 e. The van der Waals surface area contributed by atoms with Crippen LogP contribution in [0, 0.1) is 5.41 Å². The number of nitrogens with zero attached hydrogens (tertiary/aromatic N) is 1. The van der Waals surface area contributed by atoms with Crippen LogP contribution in [-0.4, -0.2) is 24.5 Å². The molecule has 21 heavy (non-hydrogen) atoms. The zero-order valence-corrected chi connectivity index (χ0v) is 14.0. The molecule has 2 heteroatoms. The average molecular weight is 286 g/mol. The maximum absolute atomic E-state index is 5.75. The number of rotatable bonds is 4. The molecule has 0 bridgehead atoms. The van der Waals surface area contributed by atoms with Gasteiger partial charge in [0, 0.05) is 18.8 Å². The summed E-state index contributed by atoms with van der Waals surface area (Å²) in [4.78, 5) is 2.57. The summed E-state index contributed by atoms with van der Waals surface area (Å²) in [5.74, 6) is 0.596. The van der Waals surface area contributed by atoms with E-state index >= 15 is 0 Å². The second kappa shape index (κ2) is 6.65. The van der Waals surface area contributed by atoms with Crippen LogP contribution in [0.3, 0.4) is 0 Å². The molecular formula is C19H30N2. The summed E-state index contributed by atoms with van der Waals surface area (Å²) < 4.78 is 0. The summed E-state index contributed by atoms with van der Waals surface area (Å²) >= 11 is 0. The first-order valence-electron chi connectivity index (χ1n) is 8.13. The summed E-state index contributed by atoms with van der Waals surface area (Å²) in [6.45, 7) is 12.8. The molecule has 2 rings (SSSR count). The lowest BCUT2D eigenvalue weighted by molar-refractivity contribution is 0.270. The quantitative estimate of drug-likeness (QED) is 0.655. The minimum Gasteiger partial charge on any atom is -0.399 e. The van der Waals surface area contributed by atoms with E-state index in [9.17, 15) is 0 Å². The first-order chi connectivity index (χ1) is 9.86. The van der Waals surface area contributed by atoms with Crippen LogP contribution in [0.5, 0.6) is 0 Å². The molecule has 1 atom stereocenters.